The molecule has 3 rings (SSSR count). The number of carbonyl (C=O) groups excluding carboxylic acids is 4. The van der Waals surface area contributed by atoms with E-state index in [9.17, 15) is 23.6 Å². The second-order valence-corrected chi connectivity index (χ2v) is 9.89. The Hall–Kier alpha value is -4.21. The molecule has 0 fully saturated rings. The number of fused-ring (bicyclic) bond motifs is 1. The molecule has 1 heterocycles. The highest BCUT2D eigenvalue weighted by molar-refractivity contribution is 5.94. The Morgan fingerprint density at radius 1 is 0.947 bits per heavy atom. The largest absolute Gasteiger partial charge is 0.467 e. The number of rotatable bonds is 8. The van der Waals surface area contributed by atoms with E-state index in [-0.39, 0.29) is 12.8 Å². The molecule has 3 aromatic rings. The molecule has 0 saturated carbocycles. The van der Waals surface area contributed by atoms with Crippen molar-refractivity contribution in [3.05, 3.63) is 71.7 Å². The lowest BCUT2D eigenvalue weighted by atomic mass is 10.0. The number of carbonyl (C=O) groups is 4. The minimum Gasteiger partial charge on any atom is -0.467 e. The van der Waals surface area contributed by atoms with Gasteiger partial charge in [-0.05, 0) is 50.1 Å². The van der Waals surface area contributed by atoms with Crippen LogP contribution in [0.5, 0.6) is 0 Å². The van der Waals surface area contributed by atoms with Crippen LogP contribution in [0.3, 0.4) is 0 Å². The number of ether oxygens (including phenoxy) is 2. The van der Waals surface area contributed by atoms with Crippen molar-refractivity contribution >= 4 is 34.8 Å². The van der Waals surface area contributed by atoms with Gasteiger partial charge in [-0.1, -0.05) is 30.3 Å². The van der Waals surface area contributed by atoms with E-state index in [1.54, 1.807) is 51.2 Å². The quantitative estimate of drug-likeness (QED) is 0.435. The van der Waals surface area contributed by atoms with Gasteiger partial charge in [0.2, 0.25) is 11.8 Å². The Balaban J connectivity index is 1.88. The van der Waals surface area contributed by atoms with Gasteiger partial charge in [0.25, 0.3) is 0 Å². The maximum absolute atomic E-state index is 13.3. The van der Waals surface area contributed by atoms with E-state index in [2.05, 4.69) is 10.6 Å². The van der Waals surface area contributed by atoms with Crippen LogP contribution in [0.25, 0.3) is 10.9 Å². The van der Waals surface area contributed by atoms with Gasteiger partial charge in [0, 0.05) is 31.3 Å². The fourth-order valence-electron chi connectivity index (χ4n) is 4.01. The summed E-state index contributed by atoms with van der Waals surface area (Å²) in [4.78, 5) is 50.5. The zero-order chi connectivity index (χ0) is 28.0. The normalized spacial score (nSPS) is 12.9. The molecule has 0 radical (unpaired) electrons. The number of benzene rings is 2. The molecule has 0 aliphatic rings. The molecule has 1 aromatic heterocycles. The first kappa shape index (κ1) is 28.4. The van der Waals surface area contributed by atoms with Crippen molar-refractivity contribution in [2.24, 2.45) is 0 Å². The number of methoxy groups -OCH3 is 1. The van der Waals surface area contributed by atoms with E-state index >= 15 is 0 Å². The molecule has 0 aliphatic carbocycles. The third-order valence-corrected chi connectivity index (χ3v) is 5.66. The number of halogens is 1. The van der Waals surface area contributed by atoms with Gasteiger partial charge in [0.05, 0.1) is 12.6 Å². The number of amides is 2. The Bertz CT molecular complexity index is 1330. The standard InChI is InChI=1S/C28H32FN3O6/c1-17(33)30-22(14-18-10-12-20(29)13-11-18)25(34)31-23(26(35)37-5)15-19-16-32(27(36)38-28(2,3)4)24-9-7-6-8-21(19)24/h6-13,16,22-23H,14-15H2,1-5H3,(H,30,33)(H,31,34)/t22-,23-/m0/s1. The maximum atomic E-state index is 13.3. The van der Waals surface area contributed by atoms with Gasteiger partial charge in [0.1, 0.15) is 23.5 Å². The number of nitrogens with one attached hydrogen (secondary N) is 2. The summed E-state index contributed by atoms with van der Waals surface area (Å²) in [5.74, 6) is -2.18. The summed E-state index contributed by atoms with van der Waals surface area (Å²) in [6.07, 6.45) is 1.09. The smallest absolute Gasteiger partial charge is 0.419 e. The van der Waals surface area contributed by atoms with Gasteiger partial charge < -0.3 is 20.1 Å². The summed E-state index contributed by atoms with van der Waals surface area (Å²) in [5.41, 5.74) is 1.10. The van der Waals surface area contributed by atoms with E-state index in [1.807, 2.05) is 0 Å². The summed E-state index contributed by atoms with van der Waals surface area (Å²) in [6, 6.07) is 10.5. The molecule has 9 nitrogen and oxygen atoms in total. The van der Waals surface area contributed by atoms with E-state index in [1.165, 1.54) is 42.9 Å². The second-order valence-electron chi connectivity index (χ2n) is 9.89. The van der Waals surface area contributed by atoms with Crippen LogP contribution in [0.4, 0.5) is 9.18 Å². The Labute approximate surface area is 220 Å². The molecule has 0 spiro atoms. The van der Waals surface area contributed by atoms with Gasteiger partial charge in [-0.15, -0.1) is 0 Å². The van der Waals surface area contributed by atoms with E-state index in [0.29, 0.717) is 22.0 Å². The minimum atomic E-state index is -1.12. The highest BCUT2D eigenvalue weighted by atomic mass is 19.1. The fourth-order valence-corrected chi connectivity index (χ4v) is 4.01. The van der Waals surface area contributed by atoms with Crippen LogP contribution < -0.4 is 10.6 Å². The van der Waals surface area contributed by atoms with Gasteiger partial charge in [-0.25, -0.2) is 14.0 Å². The molecular weight excluding hydrogens is 493 g/mol. The predicted molar refractivity (Wildman–Crippen MR) is 139 cm³/mol. The molecule has 10 heteroatoms. The number of para-hydroxylation sites is 1. The van der Waals surface area contributed by atoms with Crippen LogP contribution in [0.1, 0.15) is 38.8 Å². The van der Waals surface area contributed by atoms with Crippen molar-refractivity contribution in [1.82, 2.24) is 15.2 Å². The van der Waals surface area contributed by atoms with Crippen LogP contribution in [-0.4, -0.2) is 53.2 Å². The molecule has 38 heavy (non-hydrogen) atoms. The molecule has 2 N–H and O–H groups in total. The van der Waals surface area contributed by atoms with Crippen molar-refractivity contribution in [3.63, 3.8) is 0 Å². The number of hydrogen-bond acceptors (Lipinski definition) is 6. The van der Waals surface area contributed by atoms with Crippen molar-refractivity contribution in [2.45, 2.75) is 58.2 Å². The highest BCUT2D eigenvalue weighted by Crippen LogP contribution is 2.24. The van der Waals surface area contributed by atoms with Crippen LogP contribution in [0.2, 0.25) is 0 Å². The molecule has 202 valence electrons. The zero-order valence-corrected chi connectivity index (χ0v) is 22.0. The molecule has 0 bridgehead atoms. The van der Waals surface area contributed by atoms with Crippen LogP contribution >= 0.6 is 0 Å². The molecular formula is C28H32FN3O6. The number of nitrogens with zero attached hydrogens (tertiary/aromatic N) is 1. The minimum absolute atomic E-state index is 0.0120. The Kier molecular flexibility index (Phi) is 8.88. The van der Waals surface area contributed by atoms with Gasteiger partial charge in [-0.3, -0.25) is 14.2 Å². The summed E-state index contributed by atoms with van der Waals surface area (Å²) in [5, 5.41) is 5.94. The summed E-state index contributed by atoms with van der Waals surface area (Å²) < 4.78 is 25.1. The van der Waals surface area contributed by atoms with Gasteiger partial charge in [0.15, 0.2) is 0 Å². The fraction of sp³-hybridized carbons (Fsp3) is 0.357. The Morgan fingerprint density at radius 3 is 2.21 bits per heavy atom. The SMILES string of the molecule is COC(=O)[C@H](Cc1cn(C(=O)OC(C)(C)C)c2ccccc12)NC(=O)[C@H](Cc1ccc(F)cc1)NC(C)=O. The Morgan fingerprint density at radius 2 is 1.61 bits per heavy atom. The zero-order valence-electron chi connectivity index (χ0n) is 22.0. The predicted octanol–water partition coefficient (Wildman–Crippen LogP) is 3.51. The first-order valence-electron chi connectivity index (χ1n) is 12.1. The number of aromatic nitrogens is 1. The maximum Gasteiger partial charge on any atom is 0.419 e. The number of esters is 1. The molecule has 0 saturated heterocycles. The number of hydrogen-bond donors (Lipinski definition) is 2. The molecule has 2 atom stereocenters. The topological polar surface area (TPSA) is 116 Å². The van der Waals surface area contributed by atoms with Gasteiger partial charge in [-0.2, -0.15) is 0 Å². The summed E-state index contributed by atoms with van der Waals surface area (Å²) >= 11 is 0. The van der Waals surface area contributed by atoms with Crippen molar-refractivity contribution in [3.8, 4) is 0 Å². The second kappa shape index (κ2) is 11.9. The first-order chi connectivity index (χ1) is 17.9. The average molecular weight is 526 g/mol. The average Bonchev–Trinajstić information content (AvgIpc) is 3.21. The third kappa shape index (κ3) is 7.41. The summed E-state index contributed by atoms with van der Waals surface area (Å²) in [6.45, 7) is 6.56. The van der Waals surface area contributed by atoms with E-state index in [0.717, 1.165) is 0 Å². The molecule has 0 aliphatic heterocycles. The van der Waals surface area contributed by atoms with Crippen LogP contribution in [0, 0.1) is 5.82 Å². The molecule has 2 amide bonds. The monoisotopic (exact) mass is 525 g/mol. The van der Waals surface area contributed by atoms with E-state index in [4.69, 9.17) is 9.47 Å². The molecule has 2 aromatic carbocycles. The van der Waals surface area contributed by atoms with Crippen molar-refractivity contribution in [2.75, 3.05) is 7.11 Å². The first-order valence-corrected chi connectivity index (χ1v) is 12.1. The van der Waals surface area contributed by atoms with Crippen molar-refractivity contribution in [1.29, 1.82) is 0 Å². The van der Waals surface area contributed by atoms with E-state index < -0.39 is 47.4 Å². The van der Waals surface area contributed by atoms with Gasteiger partial charge >= 0.3 is 12.1 Å². The third-order valence-electron chi connectivity index (χ3n) is 5.66. The highest BCUT2D eigenvalue weighted by Gasteiger charge is 2.29. The lowest BCUT2D eigenvalue weighted by molar-refractivity contribution is -0.145. The van der Waals surface area contributed by atoms with Crippen LogP contribution in [-0.2, 0) is 36.7 Å². The lowest BCUT2D eigenvalue weighted by Gasteiger charge is -2.22. The van der Waals surface area contributed by atoms with Crippen LogP contribution in [0.15, 0.2) is 54.7 Å². The van der Waals surface area contributed by atoms with Crippen molar-refractivity contribution < 1.29 is 33.0 Å². The lowest BCUT2D eigenvalue weighted by Crippen LogP contribution is -2.53. The molecule has 0 unspecified atom stereocenters. The summed E-state index contributed by atoms with van der Waals surface area (Å²) in [7, 11) is 1.20.